The Hall–Kier alpha value is -1.05. The lowest BCUT2D eigenvalue weighted by molar-refractivity contribution is 0.00578. The molecule has 7 heteroatoms. The second-order valence-corrected chi connectivity index (χ2v) is 11.7. The molecule has 0 N–H and O–H groups in total. The van der Waals surface area contributed by atoms with Crippen LogP contribution in [0.2, 0.25) is 0 Å². The summed E-state index contributed by atoms with van der Waals surface area (Å²) in [5, 5.41) is 0. The maximum atomic E-state index is 11.8. The number of benzene rings is 1. The van der Waals surface area contributed by atoms with Gasteiger partial charge in [0.2, 0.25) is 0 Å². The largest absolute Gasteiger partial charge is 0.498 e. The molecule has 2 atom stereocenters. The molecular weight excluding hydrogens is 375 g/mol. The third-order valence-corrected chi connectivity index (χ3v) is 7.05. The van der Waals surface area contributed by atoms with Crippen LogP contribution in [0.5, 0.6) is 5.75 Å². The van der Waals surface area contributed by atoms with Crippen LogP contribution in [0.25, 0.3) is 0 Å². The zero-order valence-corrected chi connectivity index (χ0v) is 18.8. The van der Waals surface area contributed by atoms with Gasteiger partial charge in [-0.2, -0.15) is 0 Å². The van der Waals surface area contributed by atoms with Gasteiger partial charge < -0.3 is 14.0 Å². The van der Waals surface area contributed by atoms with E-state index >= 15 is 0 Å². The second kappa shape index (κ2) is 7.65. The van der Waals surface area contributed by atoms with E-state index in [0.717, 1.165) is 29.6 Å². The molecule has 2 fully saturated rings. The van der Waals surface area contributed by atoms with Crippen LogP contribution in [0.3, 0.4) is 0 Å². The average Bonchev–Trinajstić information content (AvgIpc) is 2.75. The third kappa shape index (κ3) is 4.92. The molecule has 1 aliphatic heterocycles. The van der Waals surface area contributed by atoms with E-state index in [9.17, 15) is 8.42 Å². The molecule has 0 amide bonds. The molecule has 3 rings (SSSR count). The standard InChI is InChI=1S/C21H33BO5S/c1-15-8-7-9-17(12-15)25-19-11-10-16(14-28(6,23)24)13-18(19)22-26-20(2,3)21(4,5)27-22/h10-11,13,15,17H,7-9,12,14H2,1-6H3. The fourth-order valence-electron chi connectivity index (χ4n) is 3.92. The zero-order valence-electron chi connectivity index (χ0n) is 17.9. The maximum absolute atomic E-state index is 11.8. The van der Waals surface area contributed by atoms with E-state index in [2.05, 4.69) is 6.92 Å². The molecule has 5 nitrogen and oxygen atoms in total. The van der Waals surface area contributed by atoms with Crippen molar-refractivity contribution in [3.8, 4) is 5.75 Å². The van der Waals surface area contributed by atoms with E-state index in [1.54, 1.807) is 0 Å². The molecule has 1 heterocycles. The highest BCUT2D eigenvalue weighted by atomic mass is 32.2. The summed E-state index contributed by atoms with van der Waals surface area (Å²) in [5.41, 5.74) is 0.553. The van der Waals surface area contributed by atoms with Crippen LogP contribution >= 0.6 is 0 Å². The Bertz CT molecular complexity index is 802. The van der Waals surface area contributed by atoms with Crippen LogP contribution in [0, 0.1) is 5.92 Å². The lowest BCUT2D eigenvalue weighted by Gasteiger charge is -2.32. The Labute approximate surface area is 170 Å². The molecule has 0 bridgehead atoms. The van der Waals surface area contributed by atoms with Crippen LogP contribution in [0.1, 0.15) is 65.9 Å². The molecular formula is C21H33BO5S. The highest BCUT2D eigenvalue weighted by Gasteiger charge is 2.52. The van der Waals surface area contributed by atoms with Crippen LogP contribution in [0.4, 0.5) is 0 Å². The van der Waals surface area contributed by atoms with Gasteiger partial charge >= 0.3 is 7.12 Å². The highest BCUT2D eigenvalue weighted by Crippen LogP contribution is 2.37. The van der Waals surface area contributed by atoms with Gasteiger partial charge in [0.05, 0.1) is 23.1 Å². The number of ether oxygens (including phenoxy) is 1. The van der Waals surface area contributed by atoms with Crippen molar-refractivity contribution in [1.29, 1.82) is 0 Å². The minimum absolute atomic E-state index is 0.0136. The molecule has 1 aliphatic carbocycles. The normalized spacial score (nSPS) is 27.0. The van der Waals surface area contributed by atoms with Crippen molar-refractivity contribution in [2.75, 3.05) is 6.26 Å². The van der Waals surface area contributed by atoms with Gasteiger partial charge in [-0.05, 0) is 64.5 Å². The molecule has 0 radical (unpaired) electrons. The first-order valence-electron chi connectivity index (χ1n) is 10.2. The molecule has 1 saturated heterocycles. The first-order valence-corrected chi connectivity index (χ1v) is 12.3. The van der Waals surface area contributed by atoms with Crippen LogP contribution in [-0.2, 0) is 24.9 Å². The fraction of sp³-hybridized carbons (Fsp3) is 0.714. The van der Waals surface area contributed by atoms with E-state index in [1.165, 1.54) is 19.1 Å². The molecule has 1 aromatic rings. The van der Waals surface area contributed by atoms with Crippen molar-refractivity contribution < 1.29 is 22.5 Å². The van der Waals surface area contributed by atoms with Crippen molar-refractivity contribution in [2.45, 2.75) is 83.4 Å². The van der Waals surface area contributed by atoms with E-state index in [4.69, 9.17) is 14.0 Å². The first kappa shape index (κ1) is 21.7. The quantitative estimate of drug-likeness (QED) is 0.698. The SMILES string of the molecule is CC1CCCC(Oc2ccc(CS(C)(=O)=O)cc2B2OC(C)(C)C(C)(C)O2)C1. The maximum Gasteiger partial charge on any atom is 0.498 e. The molecule has 28 heavy (non-hydrogen) atoms. The van der Waals surface area contributed by atoms with Crippen molar-refractivity contribution in [3.63, 3.8) is 0 Å². The third-order valence-electron chi connectivity index (χ3n) is 6.19. The molecule has 2 aliphatic rings. The number of hydrogen-bond donors (Lipinski definition) is 0. The molecule has 0 spiro atoms. The summed E-state index contributed by atoms with van der Waals surface area (Å²) in [4.78, 5) is 0. The van der Waals surface area contributed by atoms with Crippen molar-refractivity contribution in [1.82, 2.24) is 0 Å². The number of rotatable bonds is 5. The van der Waals surface area contributed by atoms with Crippen molar-refractivity contribution in [3.05, 3.63) is 23.8 Å². The predicted molar refractivity (Wildman–Crippen MR) is 113 cm³/mol. The van der Waals surface area contributed by atoms with Crippen molar-refractivity contribution >= 4 is 22.4 Å². The molecule has 1 aromatic carbocycles. The van der Waals surface area contributed by atoms with Crippen molar-refractivity contribution in [2.24, 2.45) is 5.92 Å². The van der Waals surface area contributed by atoms with Gasteiger partial charge in [-0.1, -0.05) is 25.5 Å². The summed E-state index contributed by atoms with van der Waals surface area (Å²) >= 11 is 0. The number of sulfone groups is 1. The highest BCUT2D eigenvalue weighted by molar-refractivity contribution is 7.89. The van der Waals surface area contributed by atoms with Crippen LogP contribution in [0.15, 0.2) is 18.2 Å². The van der Waals surface area contributed by atoms with Gasteiger partial charge in [0.25, 0.3) is 0 Å². The molecule has 156 valence electrons. The van der Waals surface area contributed by atoms with Gasteiger partial charge in [-0.3, -0.25) is 0 Å². The van der Waals surface area contributed by atoms with E-state index < -0.39 is 28.2 Å². The Balaban J connectivity index is 1.92. The van der Waals surface area contributed by atoms with Crippen LogP contribution < -0.4 is 10.2 Å². The van der Waals surface area contributed by atoms with E-state index in [1.807, 2.05) is 45.9 Å². The second-order valence-electron chi connectivity index (χ2n) is 9.54. The molecule has 2 unspecified atom stereocenters. The minimum Gasteiger partial charge on any atom is -0.491 e. The zero-order chi connectivity index (χ0) is 20.7. The lowest BCUT2D eigenvalue weighted by atomic mass is 9.77. The Kier molecular flexibility index (Phi) is 5.92. The van der Waals surface area contributed by atoms with Gasteiger partial charge in [0, 0.05) is 11.7 Å². The average molecular weight is 408 g/mol. The predicted octanol–water partition coefficient (Wildman–Crippen LogP) is 3.49. The Morgan fingerprint density at radius 3 is 2.36 bits per heavy atom. The van der Waals surface area contributed by atoms with Gasteiger partial charge in [0.1, 0.15) is 5.75 Å². The summed E-state index contributed by atoms with van der Waals surface area (Å²) in [7, 11) is -3.72. The van der Waals surface area contributed by atoms with Crippen LogP contribution in [-0.4, -0.2) is 39.1 Å². The van der Waals surface area contributed by atoms with E-state index in [0.29, 0.717) is 5.92 Å². The smallest absolute Gasteiger partial charge is 0.491 e. The van der Waals surface area contributed by atoms with Gasteiger partial charge in [0.15, 0.2) is 9.84 Å². The number of hydrogen-bond acceptors (Lipinski definition) is 5. The van der Waals surface area contributed by atoms with Gasteiger partial charge in [-0.25, -0.2) is 8.42 Å². The minimum atomic E-state index is -3.13. The topological polar surface area (TPSA) is 61.8 Å². The molecule has 1 saturated carbocycles. The summed E-state index contributed by atoms with van der Waals surface area (Å²) in [6, 6.07) is 5.57. The van der Waals surface area contributed by atoms with E-state index in [-0.39, 0.29) is 11.9 Å². The Morgan fingerprint density at radius 1 is 1.14 bits per heavy atom. The summed E-state index contributed by atoms with van der Waals surface area (Å²) < 4.78 is 42.4. The Morgan fingerprint density at radius 2 is 1.79 bits per heavy atom. The summed E-state index contributed by atoms with van der Waals surface area (Å²) in [5.74, 6) is 1.37. The summed E-state index contributed by atoms with van der Waals surface area (Å²) in [6.07, 6.45) is 5.91. The van der Waals surface area contributed by atoms with Gasteiger partial charge in [-0.15, -0.1) is 0 Å². The monoisotopic (exact) mass is 408 g/mol. The molecule has 0 aromatic heterocycles. The first-order chi connectivity index (χ1) is 12.9. The lowest BCUT2D eigenvalue weighted by Crippen LogP contribution is -2.41. The summed E-state index contributed by atoms with van der Waals surface area (Å²) in [6.45, 7) is 10.3. The fourth-order valence-corrected chi connectivity index (χ4v) is 4.70.